The zero-order valence-electron chi connectivity index (χ0n) is 12.9. The van der Waals surface area contributed by atoms with Gasteiger partial charge < -0.3 is 10.1 Å². The monoisotopic (exact) mass is 315 g/mol. The van der Waals surface area contributed by atoms with Crippen LogP contribution in [0.4, 0.5) is 0 Å². The molecule has 0 atom stereocenters. The Morgan fingerprint density at radius 2 is 2.10 bits per heavy atom. The molecule has 6 nitrogen and oxygen atoms in total. The van der Waals surface area contributed by atoms with Gasteiger partial charge in [0.2, 0.25) is 15.9 Å². The van der Waals surface area contributed by atoms with Gasteiger partial charge in [0.1, 0.15) is 0 Å². The third kappa shape index (κ3) is 7.99. The molecule has 1 aromatic rings. The second-order valence-corrected chi connectivity index (χ2v) is 7.09. The number of methoxy groups -OCH3 is 1. The first-order chi connectivity index (χ1) is 9.93. The number of pyridine rings is 1. The van der Waals surface area contributed by atoms with Gasteiger partial charge in [-0.15, -0.1) is 0 Å². The summed E-state index contributed by atoms with van der Waals surface area (Å²) in [6, 6.07) is 3.91. The lowest BCUT2D eigenvalue weighted by Crippen LogP contribution is -2.27. The third-order valence-corrected chi connectivity index (χ3v) is 4.31. The standard InChI is InChI=1S/C14H25N3O3S/c1-12(2)15-7-4-5-9-21(18,19)17-11-13-6-8-16-14(10-13)20-3/h6,8,10,12,15,17H,4-5,7,9,11H2,1-3H3. The third-order valence-electron chi connectivity index (χ3n) is 2.90. The Bertz CT molecular complexity index is 518. The highest BCUT2D eigenvalue weighted by atomic mass is 32.2. The fourth-order valence-corrected chi connectivity index (χ4v) is 2.86. The Hall–Kier alpha value is -1.18. The van der Waals surface area contributed by atoms with Gasteiger partial charge in [0.15, 0.2) is 0 Å². The van der Waals surface area contributed by atoms with Crippen LogP contribution in [0.15, 0.2) is 18.3 Å². The van der Waals surface area contributed by atoms with Gasteiger partial charge in [-0.3, -0.25) is 0 Å². The molecular weight excluding hydrogens is 290 g/mol. The number of aromatic nitrogens is 1. The summed E-state index contributed by atoms with van der Waals surface area (Å²) in [6.07, 6.45) is 3.09. The number of nitrogens with zero attached hydrogens (tertiary/aromatic N) is 1. The Balaban J connectivity index is 2.32. The van der Waals surface area contributed by atoms with Crippen molar-refractivity contribution < 1.29 is 13.2 Å². The normalized spacial score (nSPS) is 11.8. The summed E-state index contributed by atoms with van der Waals surface area (Å²) in [4.78, 5) is 3.98. The molecule has 0 saturated heterocycles. The van der Waals surface area contributed by atoms with Gasteiger partial charge in [-0.05, 0) is 31.0 Å². The minimum Gasteiger partial charge on any atom is -0.481 e. The molecule has 0 amide bonds. The number of unbranched alkanes of at least 4 members (excludes halogenated alkanes) is 1. The highest BCUT2D eigenvalue weighted by molar-refractivity contribution is 7.89. The van der Waals surface area contributed by atoms with E-state index in [0.717, 1.165) is 18.5 Å². The fraction of sp³-hybridized carbons (Fsp3) is 0.643. The summed E-state index contributed by atoms with van der Waals surface area (Å²) in [5.41, 5.74) is 0.826. The molecule has 120 valence electrons. The first kappa shape index (κ1) is 17.9. The van der Waals surface area contributed by atoms with Crippen LogP contribution < -0.4 is 14.8 Å². The predicted octanol–water partition coefficient (Wildman–Crippen LogP) is 1.29. The van der Waals surface area contributed by atoms with E-state index in [0.29, 0.717) is 18.3 Å². The van der Waals surface area contributed by atoms with Gasteiger partial charge in [0.25, 0.3) is 0 Å². The number of hydrogen-bond donors (Lipinski definition) is 2. The van der Waals surface area contributed by atoms with Crippen LogP contribution in [0.1, 0.15) is 32.3 Å². The quantitative estimate of drug-likeness (QED) is 0.636. The van der Waals surface area contributed by atoms with Crippen LogP contribution in [-0.2, 0) is 16.6 Å². The lowest BCUT2D eigenvalue weighted by atomic mass is 10.3. The number of sulfonamides is 1. The maximum Gasteiger partial charge on any atom is 0.213 e. The smallest absolute Gasteiger partial charge is 0.213 e. The van der Waals surface area contributed by atoms with Crippen LogP contribution in [0.5, 0.6) is 5.88 Å². The molecule has 0 radical (unpaired) electrons. The molecule has 1 heterocycles. The molecule has 1 rings (SSSR count). The minimum atomic E-state index is -3.24. The van der Waals surface area contributed by atoms with Gasteiger partial charge >= 0.3 is 0 Å². The topological polar surface area (TPSA) is 80.3 Å². The van der Waals surface area contributed by atoms with Crippen molar-refractivity contribution in [3.05, 3.63) is 23.9 Å². The van der Waals surface area contributed by atoms with E-state index in [9.17, 15) is 8.42 Å². The van der Waals surface area contributed by atoms with Crippen molar-refractivity contribution in [1.82, 2.24) is 15.0 Å². The lowest BCUT2D eigenvalue weighted by molar-refractivity contribution is 0.397. The summed E-state index contributed by atoms with van der Waals surface area (Å²) < 4.78 is 31.4. The van der Waals surface area contributed by atoms with E-state index in [4.69, 9.17) is 4.74 Å². The second-order valence-electron chi connectivity index (χ2n) is 5.16. The maximum absolute atomic E-state index is 11.9. The van der Waals surface area contributed by atoms with Gasteiger partial charge in [-0.1, -0.05) is 13.8 Å². The second kappa shape index (κ2) is 8.96. The van der Waals surface area contributed by atoms with Crippen molar-refractivity contribution in [1.29, 1.82) is 0 Å². The van der Waals surface area contributed by atoms with Crippen molar-refractivity contribution in [3.8, 4) is 5.88 Å². The van der Waals surface area contributed by atoms with Gasteiger partial charge in [0, 0.05) is 24.8 Å². The van der Waals surface area contributed by atoms with E-state index in [2.05, 4.69) is 28.9 Å². The summed E-state index contributed by atoms with van der Waals surface area (Å²) in [6.45, 7) is 5.24. The predicted molar refractivity (Wildman–Crippen MR) is 83.8 cm³/mol. The molecule has 0 aliphatic heterocycles. The molecule has 0 unspecified atom stereocenters. The van der Waals surface area contributed by atoms with Crippen molar-refractivity contribution >= 4 is 10.0 Å². The van der Waals surface area contributed by atoms with E-state index in [1.165, 1.54) is 7.11 Å². The van der Waals surface area contributed by atoms with Crippen molar-refractivity contribution in [2.45, 2.75) is 39.3 Å². The van der Waals surface area contributed by atoms with Gasteiger partial charge in [-0.25, -0.2) is 18.1 Å². The highest BCUT2D eigenvalue weighted by Gasteiger charge is 2.10. The van der Waals surface area contributed by atoms with E-state index >= 15 is 0 Å². The summed E-state index contributed by atoms with van der Waals surface area (Å²) in [5.74, 6) is 0.626. The van der Waals surface area contributed by atoms with Crippen molar-refractivity contribution in [3.63, 3.8) is 0 Å². The van der Waals surface area contributed by atoms with Gasteiger partial charge in [0.05, 0.1) is 12.9 Å². The number of hydrogen-bond acceptors (Lipinski definition) is 5. The van der Waals surface area contributed by atoms with Crippen LogP contribution in [0.25, 0.3) is 0 Å². The van der Waals surface area contributed by atoms with E-state index in [1.807, 2.05) is 0 Å². The number of rotatable bonds is 10. The minimum absolute atomic E-state index is 0.148. The molecule has 0 spiro atoms. The molecule has 1 aromatic heterocycles. The van der Waals surface area contributed by atoms with Crippen LogP contribution in [-0.4, -0.2) is 38.9 Å². The highest BCUT2D eigenvalue weighted by Crippen LogP contribution is 2.08. The van der Waals surface area contributed by atoms with Crippen LogP contribution in [0, 0.1) is 0 Å². The maximum atomic E-state index is 11.9. The Morgan fingerprint density at radius 1 is 1.33 bits per heavy atom. The fourth-order valence-electron chi connectivity index (χ4n) is 1.75. The first-order valence-corrected chi connectivity index (χ1v) is 8.78. The molecule has 0 fully saturated rings. The van der Waals surface area contributed by atoms with Crippen LogP contribution in [0.2, 0.25) is 0 Å². The average Bonchev–Trinajstić information content (AvgIpc) is 2.45. The van der Waals surface area contributed by atoms with E-state index in [-0.39, 0.29) is 12.3 Å². The van der Waals surface area contributed by atoms with E-state index < -0.39 is 10.0 Å². The molecule has 21 heavy (non-hydrogen) atoms. The van der Waals surface area contributed by atoms with Crippen LogP contribution >= 0.6 is 0 Å². The molecule has 2 N–H and O–H groups in total. The Labute approximate surface area is 127 Å². The average molecular weight is 315 g/mol. The molecule has 0 bridgehead atoms. The Kier molecular flexibility index (Phi) is 7.63. The zero-order chi connectivity index (χ0) is 15.7. The summed E-state index contributed by atoms with van der Waals surface area (Å²) >= 11 is 0. The molecule has 0 aliphatic carbocycles. The van der Waals surface area contributed by atoms with E-state index in [1.54, 1.807) is 18.3 Å². The van der Waals surface area contributed by atoms with Gasteiger partial charge in [-0.2, -0.15) is 0 Å². The molecule has 0 saturated carbocycles. The molecule has 0 aromatic carbocycles. The zero-order valence-corrected chi connectivity index (χ0v) is 13.7. The van der Waals surface area contributed by atoms with Crippen molar-refractivity contribution in [2.75, 3.05) is 19.4 Å². The number of ether oxygens (including phenoxy) is 1. The van der Waals surface area contributed by atoms with Crippen LogP contribution in [0.3, 0.4) is 0 Å². The number of nitrogens with one attached hydrogen (secondary N) is 2. The summed E-state index contributed by atoms with van der Waals surface area (Å²) in [5, 5.41) is 3.27. The molecule has 7 heteroatoms. The lowest BCUT2D eigenvalue weighted by Gasteiger charge is -2.09. The molecule has 0 aliphatic rings. The largest absolute Gasteiger partial charge is 0.481 e. The van der Waals surface area contributed by atoms with Crippen molar-refractivity contribution in [2.24, 2.45) is 0 Å². The summed E-state index contributed by atoms with van der Waals surface area (Å²) in [7, 11) is -1.71. The first-order valence-electron chi connectivity index (χ1n) is 7.12. The Morgan fingerprint density at radius 3 is 2.76 bits per heavy atom. The SMILES string of the molecule is COc1cc(CNS(=O)(=O)CCCCNC(C)C)ccn1. The molecular formula is C14H25N3O3S.